The second-order valence-corrected chi connectivity index (χ2v) is 16.1. The van der Waals surface area contributed by atoms with Gasteiger partial charge in [-0.15, -0.1) is 0 Å². The minimum absolute atomic E-state index is 0.144. The molecule has 58 heavy (non-hydrogen) atoms. The lowest BCUT2D eigenvalue weighted by Gasteiger charge is -2.39. The van der Waals surface area contributed by atoms with Gasteiger partial charge in [0.25, 0.3) is 0 Å². The van der Waals surface area contributed by atoms with Crippen molar-refractivity contribution in [2.45, 2.75) is 31.6 Å². The second-order valence-electron chi connectivity index (χ2n) is 16.1. The molecule has 0 N–H and O–H groups in total. The minimum atomic E-state index is -0.467. The van der Waals surface area contributed by atoms with Crippen LogP contribution < -0.4 is 4.74 Å². The average Bonchev–Trinajstić information content (AvgIpc) is 3.57. The van der Waals surface area contributed by atoms with E-state index in [0.29, 0.717) is 5.92 Å². The molecule has 0 amide bonds. The van der Waals surface area contributed by atoms with Crippen molar-refractivity contribution in [1.29, 1.82) is 0 Å². The largest absolute Gasteiger partial charge is 0.457 e. The van der Waals surface area contributed by atoms with E-state index in [9.17, 15) is 0 Å². The van der Waals surface area contributed by atoms with Gasteiger partial charge in [-0.2, -0.15) is 0 Å². The molecule has 3 atom stereocenters. The van der Waals surface area contributed by atoms with E-state index in [2.05, 4.69) is 202 Å². The maximum Gasteiger partial charge on any atom is 0.160 e. The fourth-order valence-corrected chi connectivity index (χ4v) is 9.87. The Balaban J connectivity index is 0.973. The molecular weight excluding hydrogens is 705 g/mol. The monoisotopic (exact) mass is 746 g/mol. The van der Waals surface area contributed by atoms with Gasteiger partial charge in [0.05, 0.1) is 16.8 Å². The highest BCUT2D eigenvalue weighted by Crippen LogP contribution is 2.62. The van der Waals surface area contributed by atoms with Crippen LogP contribution in [-0.4, -0.2) is 9.97 Å². The predicted octanol–water partition coefficient (Wildman–Crippen LogP) is 13.6. The number of fused-ring (bicyclic) bond motifs is 9. The maximum atomic E-state index is 6.80. The van der Waals surface area contributed by atoms with Crippen LogP contribution in [0.25, 0.3) is 44.8 Å². The minimum Gasteiger partial charge on any atom is -0.457 e. The van der Waals surface area contributed by atoms with Crippen LogP contribution in [0.2, 0.25) is 0 Å². The third-order valence-corrected chi connectivity index (χ3v) is 12.7. The molecule has 3 heteroatoms. The van der Waals surface area contributed by atoms with Crippen molar-refractivity contribution < 1.29 is 4.74 Å². The summed E-state index contributed by atoms with van der Waals surface area (Å²) in [6.45, 7) is 4.59. The van der Waals surface area contributed by atoms with E-state index >= 15 is 0 Å². The van der Waals surface area contributed by atoms with E-state index in [4.69, 9.17) is 14.7 Å². The molecule has 2 heterocycles. The summed E-state index contributed by atoms with van der Waals surface area (Å²) in [6.07, 6.45) is 14.6. The lowest BCUT2D eigenvalue weighted by atomic mass is 9.66. The van der Waals surface area contributed by atoms with Crippen LogP contribution in [0, 0.1) is 11.8 Å². The molecule has 0 radical (unpaired) electrons. The molecule has 7 aromatic rings. The average molecular weight is 747 g/mol. The van der Waals surface area contributed by atoms with Gasteiger partial charge in [-0.05, 0) is 86.5 Å². The lowest BCUT2D eigenvalue weighted by Crippen LogP contribution is -2.32. The molecule has 278 valence electrons. The number of allylic oxidation sites excluding steroid dienone is 8. The molecule has 0 bridgehead atoms. The quantitative estimate of drug-likeness (QED) is 0.176. The van der Waals surface area contributed by atoms with Crippen LogP contribution in [0.5, 0.6) is 11.5 Å². The molecular formula is C55H42N2O. The van der Waals surface area contributed by atoms with Gasteiger partial charge in [0, 0.05) is 22.6 Å². The van der Waals surface area contributed by atoms with Gasteiger partial charge in [-0.1, -0.05) is 184 Å². The summed E-state index contributed by atoms with van der Waals surface area (Å²) in [6, 6.07) is 54.6. The molecule has 0 saturated heterocycles. The third kappa shape index (κ3) is 5.41. The standard InChI is InChI=1S/C55H42N2O/c1-35-14-6-7-17-42(35)50-34-51(43-30-28-40(32-36(43)2)37-15-4-3-5-16-37)57-54(56-50)39-26-24-38(25-27-39)41-29-31-49-53(33-41)58-52-23-13-12-22-48(52)55(49)46-20-10-8-18-44(46)45-19-9-11-21-47(45)55/h3-13,15-36,43H,14H2,1-2H3/t35-,36+,43?/m0/s1. The van der Waals surface area contributed by atoms with Crippen LogP contribution in [0.1, 0.15) is 65.4 Å². The topological polar surface area (TPSA) is 35.0 Å². The van der Waals surface area contributed by atoms with Crippen molar-refractivity contribution in [3.05, 3.63) is 227 Å². The number of benzene rings is 6. The van der Waals surface area contributed by atoms with Crippen molar-refractivity contribution in [1.82, 2.24) is 9.97 Å². The molecule has 6 aromatic carbocycles. The zero-order valence-electron chi connectivity index (χ0n) is 32.6. The number of hydrogen-bond acceptors (Lipinski definition) is 3. The Morgan fingerprint density at radius 3 is 1.98 bits per heavy atom. The van der Waals surface area contributed by atoms with Crippen molar-refractivity contribution in [3.63, 3.8) is 0 Å². The third-order valence-electron chi connectivity index (χ3n) is 12.7. The summed E-state index contributed by atoms with van der Waals surface area (Å²) < 4.78 is 6.80. The van der Waals surface area contributed by atoms with E-state index in [0.717, 1.165) is 51.8 Å². The van der Waals surface area contributed by atoms with Gasteiger partial charge in [-0.25, -0.2) is 9.97 Å². The van der Waals surface area contributed by atoms with Crippen LogP contribution in [0.3, 0.4) is 0 Å². The number of para-hydroxylation sites is 1. The van der Waals surface area contributed by atoms with Crippen molar-refractivity contribution in [3.8, 4) is 45.1 Å². The van der Waals surface area contributed by atoms with Crippen molar-refractivity contribution >= 4 is 11.1 Å². The molecule has 3 aliphatic carbocycles. The highest BCUT2D eigenvalue weighted by molar-refractivity contribution is 5.89. The van der Waals surface area contributed by atoms with Crippen LogP contribution in [0.4, 0.5) is 0 Å². The van der Waals surface area contributed by atoms with Crippen LogP contribution in [-0.2, 0) is 5.41 Å². The zero-order chi connectivity index (χ0) is 38.8. The number of ether oxygens (including phenoxy) is 1. The fraction of sp³-hybridized carbons (Fsp3) is 0.127. The number of aromatic nitrogens is 2. The van der Waals surface area contributed by atoms with Crippen molar-refractivity contribution in [2.24, 2.45) is 11.8 Å². The molecule has 1 aromatic heterocycles. The van der Waals surface area contributed by atoms with E-state index < -0.39 is 5.41 Å². The summed E-state index contributed by atoms with van der Waals surface area (Å²) in [4.78, 5) is 10.5. The first kappa shape index (κ1) is 34.4. The molecule has 11 rings (SSSR count). The van der Waals surface area contributed by atoms with Gasteiger partial charge in [0.1, 0.15) is 11.5 Å². The first-order chi connectivity index (χ1) is 28.6. The smallest absolute Gasteiger partial charge is 0.160 e. The summed E-state index contributed by atoms with van der Waals surface area (Å²) in [7, 11) is 0. The molecule has 1 unspecified atom stereocenters. The van der Waals surface area contributed by atoms with Gasteiger partial charge in [0.2, 0.25) is 0 Å². The molecule has 0 fully saturated rings. The molecule has 3 nitrogen and oxygen atoms in total. The Morgan fingerprint density at radius 2 is 1.24 bits per heavy atom. The second kappa shape index (κ2) is 13.7. The maximum absolute atomic E-state index is 6.80. The van der Waals surface area contributed by atoms with Crippen LogP contribution >= 0.6 is 0 Å². The molecule has 1 aliphatic heterocycles. The Morgan fingerprint density at radius 1 is 0.586 bits per heavy atom. The number of hydrogen-bond donors (Lipinski definition) is 0. The Kier molecular flexibility index (Phi) is 8.11. The van der Waals surface area contributed by atoms with Gasteiger partial charge in [0.15, 0.2) is 5.82 Å². The summed E-state index contributed by atoms with van der Waals surface area (Å²) >= 11 is 0. The van der Waals surface area contributed by atoms with E-state index in [1.807, 2.05) is 0 Å². The molecule has 0 saturated carbocycles. The Hall–Kier alpha value is -6.84. The lowest BCUT2D eigenvalue weighted by molar-refractivity contribution is 0.436. The fourth-order valence-electron chi connectivity index (χ4n) is 9.87. The molecule has 4 aliphatic rings. The Bertz CT molecular complexity index is 2830. The summed E-state index contributed by atoms with van der Waals surface area (Å²) in [5.41, 5.74) is 16.1. The summed E-state index contributed by atoms with van der Waals surface area (Å²) in [5, 5.41) is 0. The number of nitrogens with zero attached hydrogens (tertiary/aromatic N) is 2. The van der Waals surface area contributed by atoms with E-state index in [1.165, 1.54) is 50.1 Å². The van der Waals surface area contributed by atoms with Gasteiger partial charge in [-0.3, -0.25) is 0 Å². The Labute approximate surface area is 340 Å². The highest BCUT2D eigenvalue weighted by Gasteiger charge is 2.50. The van der Waals surface area contributed by atoms with E-state index in [-0.39, 0.29) is 11.8 Å². The normalized spacial score (nSPS) is 19.3. The highest BCUT2D eigenvalue weighted by atomic mass is 16.5. The summed E-state index contributed by atoms with van der Waals surface area (Å²) in [5.74, 6) is 3.34. The first-order valence-electron chi connectivity index (χ1n) is 20.5. The predicted molar refractivity (Wildman–Crippen MR) is 237 cm³/mol. The van der Waals surface area contributed by atoms with Gasteiger partial charge < -0.3 is 4.74 Å². The number of rotatable bonds is 5. The van der Waals surface area contributed by atoms with Crippen molar-refractivity contribution in [2.75, 3.05) is 0 Å². The van der Waals surface area contributed by atoms with Crippen LogP contribution in [0.15, 0.2) is 188 Å². The first-order valence-corrected chi connectivity index (χ1v) is 20.5. The SMILES string of the molecule is C[C@@H]1C=C(c2ccccc2)C=CC1c1cc(C2=CC=CC[C@@H]2C)nc(-c2ccc(-c3ccc4c(c3)Oc3ccccc3C43c4ccccc4-c4ccccc43)cc2)n1. The van der Waals surface area contributed by atoms with E-state index in [1.54, 1.807) is 0 Å². The zero-order valence-corrected chi connectivity index (χ0v) is 32.6. The molecule has 1 spiro atoms. The van der Waals surface area contributed by atoms with Gasteiger partial charge >= 0.3 is 0 Å².